The molecular weight excluding hydrogens is 354 g/mol. The van der Waals surface area contributed by atoms with Crippen molar-refractivity contribution in [2.45, 2.75) is 0 Å². The average molecular weight is 375 g/mol. The highest BCUT2D eigenvalue weighted by Crippen LogP contribution is 2.33. The minimum Gasteiger partial charge on any atom is -0.465 e. The van der Waals surface area contributed by atoms with Gasteiger partial charge in [-0.05, 0) is 24.3 Å². The molecule has 0 saturated carbocycles. The minimum atomic E-state index is -0.420. The number of esters is 1. The van der Waals surface area contributed by atoms with Gasteiger partial charge < -0.3 is 15.4 Å². The second-order valence-corrected chi connectivity index (χ2v) is 5.91. The van der Waals surface area contributed by atoms with Crippen molar-refractivity contribution in [3.05, 3.63) is 66.2 Å². The molecule has 7 heteroatoms. The van der Waals surface area contributed by atoms with Gasteiger partial charge in [0.1, 0.15) is 5.71 Å². The van der Waals surface area contributed by atoms with Gasteiger partial charge in [-0.15, -0.1) is 0 Å². The Morgan fingerprint density at radius 3 is 2.57 bits per heavy atom. The van der Waals surface area contributed by atoms with E-state index in [4.69, 9.17) is 9.73 Å². The highest BCUT2D eigenvalue weighted by atomic mass is 16.5. The lowest BCUT2D eigenvalue weighted by atomic mass is 9.95. The maximum Gasteiger partial charge on any atom is 0.337 e. The Hall–Kier alpha value is -3.74. The fourth-order valence-corrected chi connectivity index (χ4v) is 2.76. The summed E-state index contributed by atoms with van der Waals surface area (Å²) in [5.74, 6) is 0.548. The normalized spacial score (nSPS) is 15.0. The smallest absolute Gasteiger partial charge is 0.337 e. The number of fused-ring (bicyclic) bond motifs is 1. The van der Waals surface area contributed by atoms with Crippen molar-refractivity contribution in [2.24, 2.45) is 15.0 Å². The molecule has 0 radical (unpaired) electrons. The molecule has 2 aromatic carbocycles. The van der Waals surface area contributed by atoms with Crippen molar-refractivity contribution in [3.63, 3.8) is 0 Å². The third-order valence-electron chi connectivity index (χ3n) is 4.18. The van der Waals surface area contributed by atoms with E-state index in [-0.39, 0.29) is 0 Å². The second-order valence-electron chi connectivity index (χ2n) is 5.91. The summed E-state index contributed by atoms with van der Waals surface area (Å²) in [7, 11) is 4.75. The molecule has 2 aromatic rings. The van der Waals surface area contributed by atoms with Gasteiger partial charge in [0.15, 0.2) is 5.84 Å². The van der Waals surface area contributed by atoms with Gasteiger partial charge in [0.2, 0.25) is 5.96 Å². The van der Waals surface area contributed by atoms with Crippen LogP contribution < -0.4 is 10.6 Å². The monoisotopic (exact) mass is 375 g/mol. The zero-order valence-electron chi connectivity index (χ0n) is 16.0. The van der Waals surface area contributed by atoms with Crippen LogP contribution in [0, 0.1) is 0 Å². The van der Waals surface area contributed by atoms with Crippen LogP contribution in [0.1, 0.15) is 15.9 Å². The molecule has 0 saturated heterocycles. The number of benzene rings is 2. The Labute approximate surface area is 163 Å². The molecule has 0 atom stereocenters. The quantitative estimate of drug-likeness (QED) is 0.479. The van der Waals surface area contributed by atoms with Crippen LogP contribution in [-0.4, -0.2) is 44.7 Å². The third-order valence-corrected chi connectivity index (χ3v) is 4.18. The molecule has 0 bridgehead atoms. The first-order valence-corrected chi connectivity index (χ1v) is 8.63. The maximum absolute atomic E-state index is 11.9. The van der Waals surface area contributed by atoms with E-state index in [0.717, 1.165) is 11.3 Å². The molecule has 0 aliphatic carbocycles. The number of rotatable bonds is 2. The highest BCUT2D eigenvalue weighted by Gasteiger charge is 2.24. The van der Waals surface area contributed by atoms with E-state index in [1.807, 2.05) is 30.3 Å². The van der Waals surface area contributed by atoms with E-state index in [9.17, 15) is 4.79 Å². The molecule has 0 amide bonds. The van der Waals surface area contributed by atoms with Crippen molar-refractivity contribution in [2.75, 3.05) is 26.5 Å². The van der Waals surface area contributed by atoms with Crippen LogP contribution in [0.5, 0.6) is 0 Å². The fraction of sp³-hybridized carbons (Fsp3) is 0.143. The molecule has 1 heterocycles. The molecule has 3 rings (SSSR count). The van der Waals surface area contributed by atoms with Crippen LogP contribution in [0.15, 0.2) is 70.1 Å². The van der Waals surface area contributed by atoms with Crippen LogP contribution in [0.2, 0.25) is 0 Å². The summed E-state index contributed by atoms with van der Waals surface area (Å²) in [6.07, 6.45) is 0. The molecule has 2 N–H and O–H groups in total. The standard InChI is InChI=1S/C21H21N5O2/c1-13-16-11-10-14(20(27)28-4)12-17(16)25-19(18(13)26-21(22-2)23-3)24-15-8-6-5-7-9-15/h5-12H,1H2,2-4H3,(H,22,23)(H,24,25)/b26-18+. The van der Waals surface area contributed by atoms with E-state index in [2.05, 4.69) is 27.2 Å². The maximum atomic E-state index is 11.9. The van der Waals surface area contributed by atoms with Gasteiger partial charge in [0.25, 0.3) is 0 Å². The topological polar surface area (TPSA) is 87.4 Å². The van der Waals surface area contributed by atoms with Crippen LogP contribution in [0.4, 0.5) is 11.4 Å². The molecule has 28 heavy (non-hydrogen) atoms. The minimum absolute atomic E-state index is 0.420. The predicted octanol–water partition coefficient (Wildman–Crippen LogP) is 3.29. The van der Waals surface area contributed by atoms with Crippen LogP contribution >= 0.6 is 0 Å². The van der Waals surface area contributed by atoms with E-state index in [1.54, 1.807) is 32.3 Å². The first-order valence-electron chi connectivity index (χ1n) is 8.63. The number of ether oxygens (including phenoxy) is 1. The Kier molecular flexibility index (Phi) is 5.64. The van der Waals surface area contributed by atoms with Gasteiger partial charge in [-0.25, -0.2) is 14.8 Å². The van der Waals surface area contributed by atoms with E-state index < -0.39 is 5.97 Å². The van der Waals surface area contributed by atoms with E-state index >= 15 is 0 Å². The van der Waals surface area contributed by atoms with Crippen molar-refractivity contribution >= 4 is 40.4 Å². The summed E-state index contributed by atoms with van der Waals surface area (Å²) in [5.41, 5.74) is 3.92. The molecule has 142 valence electrons. The molecule has 0 spiro atoms. The number of nitrogens with zero attached hydrogens (tertiary/aromatic N) is 3. The first-order chi connectivity index (χ1) is 13.6. The summed E-state index contributed by atoms with van der Waals surface area (Å²) in [5, 5.41) is 6.21. The molecule has 0 aromatic heterocycles. The van der Waals surface area contributed by atoms with Gasteiger partial charge in [0.05, 0.1) is 18.4 Å². The highest BCUT2D eigenvalue weighted by molar-refractivity contribution is 6.62. The van der Waals surface area contributed by atoms with Gasteiger partial charge in [0, 0.05) is 30.9 Å². The lowest BCUT2D eigenvalue weighted by Crippen LogP contribution is -2.29. The summed E-state index contributed by atoms with van der Waals surface area (Å²) >= 11 is 0. The molecule has 1 aliphatic heterocycles. The Morgan fingerprint density at radius 1 is 1.18 bits per heavy atom. The fourth-order valence-electron chi connectivity index (χ4n) is 2.76. The second kappa shape index (κ2) is 8.30. The van der Waals surface area contributed by atoms with Crippen LogP contribution in [0.3, 0.4) is 0 Å². The van der Waals surface area contributed by atoms with Crippen LogP contribution in [-0.2, 0) is 4.74 Å². The zero-order valence-corrected chi connectivity index (χ0v) is 16.0. The Morgan fingerprint density at radius 2 is 1.93 bits per heavy atom. The SMILES string of the molecule is C=C1/C(=N\C(=N/C)NC)C(Nc2ccccc2)=Nc2cc(C(=O)OC)ccc21. The van der Waals surface area contributed by atoms with Crippen molar-refractivity contribution in [1.82, 2.24) is 5.32 Å². The van der Waals surface area contributed by atoms with Crippen molar-refractivity contribution in [3.8, 4) is 0 Å². The number of carbonyl (C=O) groups excluding carboxylic acids is 1. The third kappa shape index (κ3) is 3.83. The molecular formula is C21H21N5O2. The number of hydrogen-bond donors (Lipinski definition) is 2. The van der Waals surface area contributed by atoms with E-state index in [0.29, 0.717) is 34.3 Å². The number of anilines is 1. The number of methoxy groups -OCH3 is 1. The molecule has 1 aliphatic rings. The number of nitrogens with one attached hydrogen (secondary N) is 2. The van der Waals surface area contributed by atoms with Crippen LogP contribution in [0.25, 0.3) is 5.57 Å². The number of hydrogen-bond acceptors (Lipinski definition) is 5. The number of guanidine groups is 1. The summed E-state index contributed by atoms with van der Waals surface area (Å²) < 4.78 is 4.81. The van der Waals surface area contributed by atoms with E-state index in [1.165, 1.54) is 7.11 Å². The predicted molar refractivity (Wildman–Crippen MR) is 114 cm³/mol. The molecule has 7 nitrogen and oxygen atoms in total. The number of amidine groups is 1. The molecule has 0 unspecified atom stereocenters. The van der Waals surface area contributed by atoms with Gasteiger partial charge in [-0.3, -0.25) is 4.99 Å². The van der Waals surface area contributed by atoms with Gasteiger partial charge in [-0.2, -0.15) is 0 Å². The summed E-state index contributed by atoms with van der Waals surface area (Å²) in [6, 6.07) is 14.8. The van der Waals surface area contributed by atoms with Crippen molar-refractivity contribution < 1.29 is 9.53 Å². The molecule has 0 fully saturated rings. The number of para-hydroxylation sites is 1. The Balaban J connectivity index is 2.13. The van der Waals surface area contributed by atoms with Crippen molar-refractivity contribution in [1.29, 1.82) is 0 Å². The average Bonchev–Trinajstić information content (AvgIpc) is 2.73. The summed E-state index contributed by atoms with van der Waals surface area (Å²) in [6.45, 7) is 4.19. The number of carbonyl (C=O) groups is 1. The lowest BCUT2D eigenvalue weighted by molar-refractivity contribution is 0.0601. The van der Waals surface area contributed by atoms with Gasteiger partial charge >= 0.3 is 5.97 Å². The zero-order chi connectivity index (χ0) is 20.1. The summed E-state index contributed by atoms with van der Waals surface area (Å²) in [4.78, 5) is 25.3. The number of aliphatic imine (C=N–C) groups is 3. The first kappa shape index (κ1) is 19.0. The Bertz CT molecular complexity index is 1010. The largest absolute Gasteiger partial charge is 0.465 e. The lowest BCUT2D eigenvalue weighted by Gasteiger charge is -2.21. The van der Waals surface area contributed by atoms with Gasteiger partial charge in [-0.1, -0.05) is 30.8 Å².